The van der Waals surface area contributed by atoms with E-state index in [1.54, 1.807) is 16.2 Å². The maximum Gasteiger partial charge on any atom is 0.231 e. The number of halogens is 1. The van der Waals surface area contributed by atoms with Crippen LogP contribution in [0.15, 0.2) is 35.7 Å². The second-order valence-electron chi connectivity index (χ2n) is 5.47. The van der Waals surface area contributed by atoms with Crippen molar-refractivity contribution in [3.63, 3.8) is 0 Å². The number of carbonyl (C=O) groups is 1. The van der Waals surface area contributed by atoms with Crippen molar-refractivity contribution in [1.82, 2.24) is 0 Å². The zero-order valence-corrected chi connectivity index (χ0v) is 15.1. The average molecular weight is 369 g/mol. The molecule has 0 spiro atoms. The van der Waals surface area contributed by atoms with Gasteiger partial charge in [0, 0.05) is 29.1 Å². The van der Waals surface area contributed by atoms with Gasteiger partial charge in [-0.25, -0.2) is 0 Å². The molecule has 1 aliphatic heterocycles. The van der Waals surface area contributed by atoms with E-state index in [1.807, 2.05) is 42.6 Å². The molecule has 0 saturated carbocycles. The highest BCUT2D eigenvalue weighted by atomic mass is 35.5. The summed E-state index contributed by atoms with van der Waals surface area (Å²) in [6, 6.07) is 9.62. The van der Waals surface area contributed by atoms with Gasteiger partial charge in [0.1, 0.15) is 13.2 Å². The number of rotatable bonds is 5. The largest absolute Gasteiger partial charge is 0.486 e. The third-order valence-corrected chi connectivity index (χ3v) is 4.63. The number of thiophene rings is 1. The van der Waals surface area contributed by atoms with E-state index < -0.39 is 0 Å². The van der Waals surface area contributed by atoms with Crippen LogP contribution in [0.2, 0.25) is 0 Å². The minimum atomic E-state index is -0.233. The monoisotopic (exact) mass is 368 g/mol. The Kier molecular flexibility index (Phi) is 6.48. The number of nitrogens with two attached hydrogens (primary N) is 1. The average Bonchev–Trinajstić information content (AvgIpc) is 3.11. The third-order valence-electron chi connectivity index (χ3n) is 3.77. The quantitative estimate of drug-likeness (QED) is 0.880. The summed E-state index contributed by atoms with van der Waals surface area (Å²) in [6.45, 7) is 3.77. The molecule has 1 aromatic heterocycles. The van der Waals surface area contributed by atoms with Crippen LogP contribution in [0.4, 0.5) is 5.69 Å². The van der Waals surface area contributed by atoms with E-state index in [9.17, 15) is 4.79 Å². The van der Waals surface area contributed by atoms with E-state index in [-0.39, 0.29) is 24.2 Å². The second-order valence-corrected chi connectivity index (χ2v) is 6.50. The molecule has 2 aromatic rings. The Hall–Kier alpha value is -1.76. The smallest absolute Gasteiger partial charge is 0.231 e. The summed E-state index contributed by atoms with van der Waals surface area (Å²) in [7, 11) is 0. The first-order valence-electron chi connectivity index (χ1n) is 7.62. The van der Waals surface area contributed by atoms with Gasteiger partial charge in [0.05, 0.1) is 6.54 Å². The minimum Gasteiger partial charge on any atom is -0.486 e. The lowest BCUT2D eigenvalue weighted by atomic mass is 10.1. The number of carbonyl (C=O) groups excluding carboxylic acids is 1. The van der Waals surface area contributed by atoms with E-state index in [0.29, 0.717) is 32.1 Å². The highest BCUT2D eigenvalue weighted by molar-refractivity contribution is 7.09. The van der Waals surface area contributed by atoms with Crippen LogP contribution in [0, 0.1) is 5.92 Å². The van der Waals surface area contributed by atoms with Crippen molar-refractivity contribution < 1.29 is 14.3 Å². The van der Waals surface area contributed by atoms with E-state index >= 15 is 0 Å². The summed E-state index contributed by atoms with van der Waals surface area (Å²) >= 11 is 1.63. The molecular formula is C17H21ClN2O3S. The molecule has 0 fully saturated rings. The molecule has 0 aliphatic carbocycles. The Labute approximate surface area is 151 Å². The molecule has 1 amide bonds. The number of benzene rings is 1. The number of hydrogen-bond donors (Lipinski definition) is 1. The molecule has 0 bridgehead atoms. The predicted octanol–water partition coefficient (Wildman–Crippen LogP) is 3.07. The topological polar surface area (TPSA) is 64.8 Å². The minimum absolute atomic E-state index is 0. The number of anilines is 1. The normalized spacial score (nSPS) is 13.8. The van der Waals surface area contributed by atoms with Crippen LogP contribution in [0.25, 0.3) is 0 Å². The Bertz CT molecular complexity index is 678. The maximum absolute atomic E-state index is 12.7. The second kappa shape index (κ2) is 8.37. The molecule has 2 N–H and O–H groups in total. The number of amides is 1. The van der Waals surface area contributed by atoms with Crippen molar-refractivity contribution in [2.24, 2.45) is 11.7 Å². The van der Waals surface area contributed by atoms with Crippen molar-refractivity contribution in [3.8, 4) is 11.5 Å². The highest BCUT2D eigenvalue weighted by Crippen LogP contribution is 2.35. The molecule has 1 atom stereocenters. The molecule has 1 unspecified atom stereocenters. The number of ether oxygens (including phenoxy) is 2. The molecule has 2 heterocycles. The van der Waals surface area contributed by atoms with Crippen LogP contribution in [-0.4, -0.2) is 25.7 Å². The SMILES string of the molecule is CC(CN)C(=O)N(Cc1cccs1)c1ccc2c(c1)OCCO2.Cl. The lowest BCUT2D eigenvalue weighted by molar-refractivity contribution is -0.121. The number of hydrogen-bond acceptors (Lipinski definition) is 5. The van der Waals surface area contributed by atoms with Crippen molar-refractivity contribution in [3.05, 3.63) is 40.6 Å². The predicted molar refractivity (Wildman–Crippen MR) is 98.4 cm³/mol. The van der Waals surface area contributed by atoms with Crippen LogP contribution in [0.1, 0.15) is 11.8 Å². The summed E-state index contributed by atoms with van der Waals surface area (Å²) in [5.74, 6) is 1.18. The van der Waals surface area contributed by atoms with Gasteiger partial charge in [-0.15, -0.1) is 23.7 Å². The molecule has 3 rings (SSSR count). The Balaban J connectivity index is 0.00000208. The molecule has 1 aromatic carbocycles. The van der Waals surface area contributed by atoms with E-state index in [2.05, 4.69) is 0 Å². The Morgan fingerprint density at radius 2 is 2.04 bits per heavy atom. The first-order valence-corrected chi connectivity index (χ1v) is 8.50. The van der Waals surface area contributed by atoms with Gasteiger partial charge in [-0.3, -0.25) is 4.79 Å². The van der Waals surface area contributed by atoms with Gasteiger partial charge >= 0.3 is 0 Å². The lowest BCUT2D eigenvalue weighted by Crippen LogP contribution is -2.37. The molecule has 5 nitrogen and oxygen atoms in total. The van der Waals surface area contributed by atoms with Crippen molar-refractivity contribution >= 4 is 35.3 Å². The standard InChI is InChI=1S/C17H20N2O3S.ClH/c1-12(10-18)17(20)19(11-14-3-2-8-23-14)13-4-5-15-16(9-13)22-7-6-21-15;/h2-5,8-9,12H,6-7,10-11,18H2,1H3;1H. The van der Waals surface area contributed by atoms with Gasteiger partial charge in [0.15, 0.2) is 11.5 Å². The van der Waals surface area contributed by atoms with Crippen molar-refractivity contribution in [1.29, 1.82) is 0 Å². The van der Waals surface area contributed by atoms with E-state index in [4.69, 9.17) is 15.2 Å². The summed E-state index contributed by atoms with van der Waals surface area (Å²) in [5, 5.41) is 2.01. The fourth-order valence-corrected chi connectivity index (χ4v) is 3.11. The van der Waals surface area contributed by atoms with Gasteiger partial charge in [-0.05, 0) is 23.6 Å². The number of nitrogens with zero attached hydrogens (tertiary/aromatic N) is 1. The fourth-order valence-electron chi connectivity index (χ4n) is 2.42. The molecule has 0 saturated heterocycles. The van der Waals surface area contributed by atoms with Gasteiger partial charge in [-0.2, -0.15) is 0 Å². The van der Waals surface area contributed by atoms with Gasteiger partial charge in [0.25, 0.3) is 0 Å². The Morgan fingerprint density at radius 1 is 1.29 bits per heavy atom. The molecule has 0 radical (unpaired) electrons. The van der Waals surface area contributed by atoms with Crippen LogP contribution in [0.5, 0.6) is 11.5 Å². The zero-order chi connectivity index (χ0) is 16.2. The zero-order valence-electron chi connectivity index (χ0n) is 13.4. The molecule has 130 valence electrons. The van der Waals surface area contributed by atoms with Crippen LogP contribution >= 0.6 is 23.7 Å². The van der Waals surface area contributed by atoms with Crippen LogP contribution < -0.4 is 20.1 Å². The van der Waals surface area contributed by atoms with Crippen LogP contribution in [-0.2, 0) is 11.3 Å². The van der Waals surface area contributed by atoms with Crippen molar-refractivity contribution in [2.75, 3.05) is 24.7 Å². The van der Waals surface area contributed by atoms with E-state index in [0.717, 1.165) is 16.3 Å². The summed E-state index contributed by atoms with van der Waals surface area (Å²) in [4.78, 5) is 15.6. The molecule has 24 heavy (non-hydrogen) atoms. The highest BCUT2D eigenvalue weighted by Gasteiger charge is 2.23. The van der Waals surface area contributed by atoms with Crippen molar-refractivity contribution in [2.45, 2.75) is 13.5 Å². The summed E-state index contributed by atoms with van der Waals surface area (Å²) in [6.07, 6.45) is 0. The number of fused-ring (bicyclic) bond motifs is 1. The van der Waals surface area contributed by atoms with Gasteiger partial charge in [-0.1, -0.05) is 13.0 Å². The fraction of sp³-hybridized carbons (Fsp3) is 0.353. The first-order chi connectivity index (χ1) is 11.2. The Morgan fingerprint density at radius 3 is 2.71 bits per heavy atom. The van der Waals surface area contributed by atoms with Gasteiger partial charge in [0.2, 0.25) is 5.91 Å². The first kappa shape index (κ1) is 18.6. The summed E-state index contributed by atoms with van der Waals surface area (Å²) < 4.78 is 11.2. The third kappa shape index (κ3) is 4.01. The van der Waals surface area contributed by atoms with E-state index in [1.165, 1.54) is 0 Å². The van der Waals surface area contributed by atoms with Crippen LogP contribution in [0.3, 0.4) is 0 Å². The summed E-state index contributed by atoms with van der Waals surface area (Å²) in [5.41, 5.74) is 6.48. The van der Waals surface area contributed by atoms with Gasteiger partial charge < -0.3 is 20.1 Å². The molecular weight excluding hydrogens is 348 g/mol. The lowest BCUT2D eigenvalue weighted by Gasteiger charge is -2.27. The molecule has 1 aliphatic rings. The maximum atomic E-state index is 12.7. The molecule has 7 heteroatoms.